The quantitative estimate of drug-likeness (QED) is 0.433. The first-order chi connectivity index (χ1) is 14.6. The van der Waals surface area contributed by atoms with Gasteiger partial charge < -0.3 is 9.80 Å². The highest BCUT2D eigenvalue weighted by Gasteiger charge is 2.23. The summed E-state index contributed by atoms with van der Waals surface area (Å²) in [5, 5.41) is 6.19. The van der Waals surface area contributed by atoms with Crippen molar-refractivity contribution < 1.29 is 0 Å². The van der Waals surface area contributed by atoms with Gasteiger partial charge in [0.25, 0.3) is 0 Å². The summed E-state index contributed by atoms with van der Waals surface area (Å²) in [6, 6.07) is 11.7. The smallest absolute Gasteiger partial charge is 0.168 e. The fraction of sp³-hybridized carbons (Fsp3) is 0.238. The summed E-state index contributed by atoms with van der Waals surface area (Å²) in [7, 11) is 0. The van der Waals surface area contributed by atoms with Crippen LogP contribution < -0.4 is 9.80 Å². The maximum atomic E-state index is 6.18. The van der Waals surface area contributed by atoms with E-state index in [-0.39, 0.29) is 0 Å². The summed E-state index contributed by atoms with van der Waals surface area (Å²) < 4.78 is 2.81. The molecule has 0 aliphatic carbocycles. The van der Waals surface area contributed by atoms with Gasteiger partial charge in [0, 0.05) is 41.9 Å². The Morgan fingerprint density at radius 3 is 2.50 bits per heavy atom. The number of benzene rings is 1. The summed E-state index contributed by atoms with van der Waals surface area (Å²) in [6.45, 7) is 5.38. The van der Waals surface area contributed by atoms with Gasteiger partial charge in [-0.3, -0.25) is 0 Å². The van der Waals surface area contributed by atoms with E-state index in [1.165, 1.54) is 0 Å². The Bertz CT molecular complexity index is 1200. The third kappa shape index (κ3) is 3.61. The molecule has 0 spiro atoms. The number of fused-ring (bicyclic) bond motifs is 1. The first kappa shape index (κ1) is 19.3. The number of piperazine rings is 1. The average Bonchev–Trinajstić information content (AvgIpc) is 3.18. The Balaban J connectivity index is 1.44. The predicted octanol–water partition coefficient (Wildman–Crippen LogP) is 4.26. The van der Waals surface area contributed by atoms with Crippen molar-refractivity contribution in [2.45, 2.75) is 6.92 Å². The van der Waals surface area contributed by atoms with Crippen molar-refractivity contribution in [2.75, 3.05) is 36.0 Å². The van der Waals surface area contributed by atoms with Gasteiger partial charge in [-0.1, -0.05) is 17.7 Å². The highest BCUT2D eigenvalue weighted by molar-refractivity contribution is 9.10. The van der Waals surface area contributed by atoms with Crippen molar-refractivity contribution in [1.29, 1.82) is 0 Å². The molecular formula is C21H19BrClN7. The molecule has 0 bridgehead atoms. The normalized spacial score (nSPS) is 14.5. The molecular weight excluding hydrogens is 466 g/mol. The summed E-state index contributed by atoms with van der Waals surface area (Å²) in [5.41, 5.74) is 1.67. The van der Waals surface area contributed by atoms with E-state index >= 15 is 0 Å². The highest BCUT2D eigenvalue weighted by atomic mass is 79.9. The first-order valence-electron chi connectivity index (χ1n) is 9.68. The number of hydrogen-bond donors (Lipinski definition) is 0. The molecule has 5 rings (SSSR count). The monoisotopic (exact) mass is 483 g/mol. The Kier molecular flexibility index (Phi) is 5.04. The molecule has 1 aromatic carbocycles. The molecule has 1 aliphatic rings. The lowest BCUT2D eigenvalue weighted by Gasteiger charge is -2.36. The SMILES string of the molecule is Cc1nc(N2CCN(c3ccc(Br)cn3)CC2)c2cnn(-c3cccc(Cl)c3)c2n1. The van der Waals surface area contributed by atoms with Crippen LogP contribution in [-0.2, 0) is 0 Å². The molecule has 0 amide bonds. The second kappa shape index (κ2) is 7.85. The second-order valence-corrected chi connectivity index (χ2v) is 8.53. The van der Waals surface area contributed by atoms with Crippen molar-refractivity contribution in [3.05, 3.63) is 64.1 Å². The van der Waals surface area contributed by atoms with E-state index in [4.69, 9.17) is 16.6 Å². The van der Waals surface area contributed by atoms with Crippen LogP contribution in [0, 0.1) is 6.92 Å². The zero-order chi connectivity index (χ0) is 20.7. The Labute approximate surface area is 187 Å². The van der Waals surface area contributed by atoms with Gasteiger partial charge in [-0.05, 0) is 53.2 Å². The van der Waals surface area contributed by atoms with Gasteiger partial charge in [0.05, 0.1) is 17.3 Å². The van der Waals surface area contributed by atoms with Crippen molar-refractivity contribution >= 4 is 50.2 Å². The number of halogens is 2. The molecule has 1 aliphatic heterocycles. The fourth-order valence-electron chi connectivity index (χ4n) is 3.74. The molecule has 0 unspecified atom stereocenters. The van der Waals surface area contributed by atoms with Crippen LogP contribution >= 0.6 is 27.5 Å². The molecule has 152 valence electrons. The first-order valence-corrected chi connectivity index (χ1v) is 10.9. The van der Waals surface area contributed by atoms with Crippen LogP contribution in [-0.4, -0.2) is 50.9 Å². The molecule has 1 saturated heterocycles. The maximum Gasteiger partial charge on any atom is 0.168 e. The second-order valence-electron chi connectivity index (χ2n) is 7.18. The highest BCUT2D eigenvalue weighted by Crippen LogP contribution is 2.28. The van der Waals surface area contributed by atoms with E-state index in [2.05, 4.69) is 40.8 Å². The summed E-state index contributed by atoms with van der Waals surface area (Å²) in [6.07, 6.45) is 3.68. The van der Waals surface area contributed by atoms with Crippen LogP contribution in [0.2, 0.25) is 5.02 Å². The molecule has 4 heterocycles. The third-order valence-corrected chi connectivity index (χ3v) is 5.89. The van der Waals surface area contributed by atoms with Crippen LogP contribution in [0.1, 0.15) is 5.82 Å². The maximum absolute atomic E-state index is 6.18. The average molecular weight is 485 g/mol. The minimum atomic E-state index is 0.667. The lowest BCUT2D eigenvalue weighted by atomic mass is 10.2. The molecule has 4 aromatic rings. The van der Waals surface area contributed by atoms with Crippen molar-refractivity contribution in [3.63, 3.8) is 0 Å². The van der Waals surface area contributed by atoms with E-state index in [1.54, 1.807) is 0 Å². The third-order valence-electron chi connectivity index (χ3n) is 5.19. The van der Waals surface area contributed by atoms with Crippen LogP contribution in [0.4, 0.5) is 11.6 Å². The zero-order valence-corrected chi connectivity index (χ0v) is 18.7. The number of pyridine rings is 1. The number of aromatic nitrogens is 5. The van der Waals surface area contributed by atoms with Gasteiger partial charge in [0.2, 0.25) is 0 Å². The molecule has 0 radical (unpaired) electrons. The van der Waals surface area contributed by atoms with Crippen LogP contribution in [0.3, 0.4) is 0 Å². The molecule has 0 atom stereocenters. The number of hydrogen-bond acceptors (Lipinski definition) is 6. The molecule has 3 aromatic heterocycles. The van der Waals surface area contributed by atoms with Gasteiger partial charge in [0.1, 0.15) is 17.5 Å². The van der Waals surface area contributed by atoms with Crippen molar-refractivity contribution in [1.82, 2.24) is 24.7 Å². The minimum Gasteiger partial charge on any atom is -0.353 e. The number of nitrogens with zero attached hydrogens (tertiary/aromatic N) is 7. The van der Waals surface area contributed by atoms with Gasteiger partial charge in [-0.15, -0.1) is 0 Å². The van der Waals surface area contributed by atoms with Gasteiger partial charge >= 0.3 is 0 Å². The largest absolute Gasteiger partial charge is 0.353 e. The molecule has 0 saturated carbocycles. The van der Waals surface area contributed by atoms with Gasteiger partial charge in [-0.25, -0.2) is 19.6 Å². The van der Waals surface area contributed by atoms with E-state index < -0.39 is 0 Å². The van der Waals surface area contributed by atoms with Crippen LogP contribution in [0.5, 0.6) is 0 Å². The number of anilines is 2. The topological polar surface area (TPSA) is 63.0 Å². The Morgan fingerprint density at radius 2 is 1.77 bits per heavy atom. The fourth-order valence-corrected chi connectivity index (χ4v) is 4.16. The number of rotatable bonds is 3. The summed E-state index contributed by atoms with van der Waals surface area (Å²) in [4.78, 5) is 18.5. The molecule has 30 heavy (non-hydrogen) atoms. The minimum absolute atomic E-state index is 0.667. The number of aryl methyl sites for hydroxylation is 1. The summed E-state index contributed by atoms with van der Waals surface area (Å²) >= 11 is 9.62. The van der Waals surface area contributed by atoms with E-state index in [9.17, 15) is 0 Å². The zero-order valence-electron chi connectivity index (χ0n) is 16.3. The van der Waals surface area contributed by atoms with E-state index in [0.29, 0.717) is 5.02 Å². The van der Waals surface area contributed by atoms with Crippen molar-refractivity contribution in [2.24, 2.45) is 0 Å². The Morgan fingerprint density at radius 1 is 0.967 bits per heavy atom. The molecule has 0 N–H and O–H groups in total. The van der Waals surface area contributed by atoms with Crippen molar-refractivity contribution in [3.8, 4) is 5.69 Å². The molecule has 7 nitrogen and oxygen atoms in total. The van der Waals surface area contributed by atoms with E-state index in [1.807, 2.05) is 60.4 Å². The van der Waals surface area contributed by atoms with Crippen LogP contribution in [0.25, 0.3) is 16.7 Å². The van der Waals surface area contributed by atoms with Gasteiger partial charge in [-0.2, -0.15) is 5.10 Å². The standard InChI is InChI=1S/C21H19BrClN7/c1-14-26-20(29-9-7-28(8-10-29)19-6-5-15(22)12-24-19)18-13-25-30(21(18)27-14)17-4-2-3-16(23)11-17/h2-6,11-13H,7-10H2,1H3. The molecule has 1 fully saturated rings. The summed E-state index contributed by atoms with van der Waals surface area (Å²) in [5.74, 6) is 2.64. The van der Waals surface area contributed by atoms with E-state index in [0.717, 1.165) is 64.8 Å². The van der Waals surface area contributed by atoms with Crippen LogP contribution in [0.15, 0.2) is 53.3 Å². The lowest BCUT2D eigenvalue weighted by molar-refractivity contribution is 0.642. The Hall–Kier alpha value is -2.71. The lowest BCUT2D eigenvalue weighted by Crippen LogP contribution is -2.47. The van der Waals surface area contributed by atoms with Gasteiger partial charge in [0.15, 0.2) is 5.65 Å². The molecule has 9 heteroatoms. The predicted molar refractivity (Wildman–Crippen MR) is 123 cm³/mol.